The van der Waals surface area contributed by atoms with E-state index in [0.717, 1.165) is 41.5 Å². The molecule has 0 bridgehead atoms. The van der Waals surface area contributed by atoms with Crippen molar-refractivity contribution in [2.24, 2.45) is 0 Å². The molecule has 2 amide bonds. The number of anilines is 1. The van der Waals surface area contributed by atoms with Crippen molar-refractivity contribution in [1.82, 2.24) is 10.2 Å². The van der Waals surface area contributed by atoms with Gasteiger partial charge >= 0.3 is 0 Å². The lowest BCUT2D eigenvalue weighted by molar-refractivity contribution is 0.0589. The van der Waals surface area contributed by atoms with Crippen molar-refractivity contribution in [3.05, 3.63) is 63.6 Å². The number of hydrogen-bond acceptors (Lipinski definition) is 3. The summed E-state index contributed by atoms with van der Waals surface area (Å²) in [5.41, 5.74) is 3.14. The minimum Gasteiger partial charge on any atom is -0.354 e. The first kappa shape index (κ1) is 18.0. The van der Waals surface area contributed by atoms with Crippen LogP contribution in [0.4, 0.5) is 5.69 Å². The Morgan fingerprint density at radius 1 is 1.19 bits per heavy atom. The van der Waals surface area contributed by atoms with E-state index in [-0.39, 0.29) is 18.0 Å². The van der Waals surface area contributed by atoms with E-state index in [2.05, 4.69) is 26.1 Å². The minimum absolute atomic E-state index is 0.0784. The van der Waals surface area contributed by atoms with Crippen LogP contribution in [0, 0.1) is 0 Å². The number of fused-ring (bicyclic) bond motifs is 2. The second-order valence-corrected chi connectivity index (χ2v) is 8.04. The van der Waals surface area contributed by atoms with Crippen LogP contribution in [0.3, 0.4) is 0 Å². The lowest BCUT2D eigenvalue weighted by Gasteiger charge is -2.46. The average Bonchev–Trinajstić information content (AvgIpc) is 2.71. The molecule has 2 heterocycles. The second-order valence-electron chi connectivity index (χ2n) is 7.13. The Balaban J connectivity index is 1.53. The quantitative estimate of drug-likeness (QED) is 0.810. The Labute approximate surface area is 167 Å². The van der Waals surface area contributed by atoms with Gasteiger partial charge in [0.1, 0.15) is 6.17 Å². The van der Waals surface area contributed by atoms with Gasteiger partial charge in [0, 0.05) is 30.2 Å². The van der Waals surface area contributed by atoms with E-state index in [1.165, 1.54) is 0 Å². The van der Waals surface area contributed by atoms with Crippen LogP contribution in [0.25, 0.3) is 0 Å². The molecule has 0 saturated carbocycles. The lowest BCUT2D eigenvalue weighted by atomic mass is 9.97. The van der Waals surface area contributed by atoms with Crippen molar-refractivity contribution in [3.63, 3.8) is 0 Å². The molecule has 1 N–H and O–H groups in total. The average molecular weight is 428 g/mol. The van der Waals surface area contributed by atoms with Gasteiger partial charge in [-0.05, 0) is 55.2 Å². The van der Waals surface area contributed by atoms with Gasteiger partial charge in [-0.2, -0.15) is 0 Å². The molecule has 1 fully saturated rings. The maximum Gasteiger partial charge on any atom is 0.257 e. The van der Waals surface area contributed by atoms with Gasteiger partial charge in [-0.1, -0.05) is 28.1 Å². The zero-order valence-corrected chi connectivity index (χ0v) is 16.8. The highest BCUT2D eigenvalue weighted by Gasteiger charge is 2.37. The predicted octanol–water partition coefficient (Wildman–Crippen LogP) is 3.78. The Bertz CT molecular complexity index is 881. The van der Waals surface area contributed by atoms with Crippen molar-refractivity contribution < 1.29 is 9.59 Å². The van der Waals surface area contributed by atoms with Crippen molar-refractivity contribution in [2.45, 2.75) is 32.0 Å². The Hall–Kier alpha value is -2.34. The molecule has 0 radical (unpaired) electrons. The van der Waals surface area contributed by atoms with E-state index in [0.29, 0.717) is 17.7 Å². The number of piperidine rings is 1. The van der Waals surface area contributed by atoms with Gasteiger partial charge in [0.05, 0.1) is 11.3 Å². The van der Waals surface area contributed by atoms with Gasteiger partial charge in [-0.3, -0.25) is 9.59 Å². The molecule has 27 heavy (non-hydrogen) atoms. The molecule has 1 unspecified atom stereocenters. The summed E-state index contributed by atoms with van der Waals surface area (Å²) in [6, 6.07) is 13.2. The number of rotatable bonds is 3. The number of nitrogens with zero attached hydrogens (tertiary/aromatic N) is 2. The Kier molecular flexibility index (Phi) is 4.91. The summed E-state index contributed by atoms with van der Waals surface area (Å²) in [4.78, 5) is 29.5. The van der Waals surface area contributed by atoms with E-state index >= 15 is 0 Å². The molecule has 5 nitrogen and oxygen atoms in total. The third-order valence-corrected chi connectivity index (χ3v) is 5.94. The van der Waals surface area contributed by atoms with Gasteiger partial charge in [0.2, 0.25) is 0 Å². The van der Waals surface area contributed by atoms with Crippen LogP contribution in [-0.4, -0.2) is 36.5 Å². The summed E-state index contributed by atoms with van der Waals surface area (Å²) in [6.07, 6.45) is 3.25. The summed E-state index contributed by atoms with van der Waals surface area (Å²) < 4.78 is 1.01. The topological polar surface area (TPSA) is 52.7 Å². The van der Waals surface area contributed by atoms with Crippen LogP contribution in [0.1, 0.15) is 45.5 Å². The highest BCUT2D eigenvalue weighted by atomic mass is 79.9. The molecule has 2 aromatic carbocycles. The van der Waals surface area contributed by atoms with E-state index < -0.39 is 0 Å². The predicted molar refractivity (Wildman–Crippen MR) is 109 cm³/mol. The van der Waals surface area contributed by atoms with E-state index in [1.807, 2.05) is 42.3 Å². The third-order valence-electron chi connectivity index (χ3n) is 5.42. The fourth-order valence-electron chi connectivity index (χ4n) is 3.90. The maximum absolute atomic E-state index is 12.8. The molecule has 0 aromatic heterocycles. The molecule has 2 aliphatic rings. The van der Waals surface area contributed by atoms with Crippen LogP contribution in [0.2, 0.25) is 0 Å². The SMILES string of the molecule is CN1c2cc(C(=O)NCc3ccc(Br)cc3)ccc2C(=O)N2CCCCC21. The Morgan fingerprint density at radius 2 is 1.96 bits per heavy atom. The normalized spacial score (nSPS) is 18.7. The molecule has 2 aromatic rings. The molecule has 6 heteroatoms. The van der Waals surface area contributed by atoms with Crippen LogP contribution >= 0.6 is 15.9 Å². The monoisotopic (exact) mass is 427 g/mol. The summed E-state index contributed by atoms with van der Waals surface area (Å²) in [5, 5.41) is 2.96. The van der Waals surface area contributed by atoms with E-state index in [4.69, 9.17) is 0 Å². The summed E-state index contributed by atoms with van der Waals surface area (Å²) in [6.45, 7) is 1.27. The molecule has 1 saturated heterocycles. The Morgan fingerprint density at radius 3 is 2.74 bits per heavy atom. The summed E-state index contributed by atoms with van der Waals surface area (Å²) >= 11 is 3.41. The smallest absolute Gasteiger partial charge is 0.257 e. The van der Waals surface area contributed by atoms with Crippen LogP contribution in [-0.2, 0) is 6.54 Å². The fourth-order valence-corrected chi connectivity index (χ4v) is 4.17. The number of carbonyl (C=O) groups is 2. The number of carbonyl (C=O) groups excluding carboxylic acids is 2. The number of nitrogens with one attached hydrogen (secondary N) is 1. The van der Waals surface area contributed by atoms with Crippen molar-refractivity contribution in [1.29, 1.82) is 0 Å². The lowest BCUT2D eigenvalue weighted by Crippen LogP contribution is -2.55. The summed E-state index contributed by atoms with van der Waals surface area (Å²) in [7, 11) is 2.01. The number of benzene rings is 2. The first-order valence-electron chi connectivity index (χ1n) is 9.25. The van der Waals surface area contributed by atoms with Gasteiger partial charge in [0.15, 0.2) is 0 Å². The van der Waals surface area contributed by atoms with Crippen LogP contribution in [0.5, 0.6) is 0 Å². The molecular formula is C21H22BrN3O2. The first-order valence-corrected chi connectivity index (χ1v) is 10.0. The zero-order chi connectivity index (χ0) is 19.0. The zero-order valence-electron chi connectivity index (χ0n) is 15.2. The second kappa shape index (κ2) is 7.35. The van der Waals surface area contributed by atoms with Gasteiger partial charge in [0.25, 0.3) is 11.8 Å². The maximum atomic E-state index is 12.8. The largest absolute Gasteiger partial charge is 0.354 e. The molecule has 140 valence electrons. The van der Waals surface area contributed by atoms with Gasteiger partial charge in [-0.15, -0.1) is 0 Å². The third kappa shape index (κ3) is 3.46. The van der Waals surface area contributed by atoms with Crippen LogP contribution < -0.4 is 10.2 Å². The minimum atomic E-state index is -0.132. The van der Waals surface area contributed by atoms with Crippen LogP contribution in [0.15, 0.2) is 46.9 Å². The highest BCUT2D eigenvalue weighted by Crippen LogP contribution is 2.34. The molecule has 0 spiro atoms. The number of halogens is 1. The number of amides is 2. The fraction of sp³-hybridized carbons (Fsp3) is 0.333. The van der Waals surface area contributed by atoms with Gasteiger partial charge < -0.3 is 15.1 Å². The van der Waals surface area contributed by atoms with Gasteiger partial charge in [-0.25, -0.2) is 0 Å². The van der Waals surface area contributed by atoms with Crippen molar-refractivity contribution >= 4 is 33.4 Å². The molecule has 1 atom stereocenters. The summed E-state index contributed by atoms with van der Waals surface area (Å²) in [5.74, 6) is -0.0535. The molecule has 4 rings (SSSR count). The van der Waals surface area contributed by atoms with Crippen molar-refractivity contribution in [3.8, 4) is 0 Å². The van der Waals surface area contributed by atoms with E-state index in [9.17, 15) is 9.59 Å². The van der Waals surface area contributed by atoms with Crippen molar-refractivity contribution in [2.75, 3.05) is 18.5 Å². The number of hydrogen-bond donors (Lipinski definition) is 1. The van der Waals surface area contributed by atoms with E-state index in [1.54, 1.807) is 12.1 Å². The molecular weight excluding hydrogens is 406 g/mol. The molecule has 2 aliphatic heterocycles. The molecule has 0 aliphatic carbocycles. The first-order chi connectivity index (χ1) is 13.0. The highest BCUT2D eigenvalue weighted by molar-refractivity contribution is 9.10. The standard InChI is InChI=1S/C21H22BrN3O2/c1-24-18-12-15(20(26)23-13-14-5-8-16(22)9-6-14)7-10-17(18)21(27)25-11-3-2-4-19(24)25/h5-10,12,19H,2-4,11,13H2,1H3,(H,23,26).